The largest absolute Gasteiger partial charge is 0.234 e. The summed E-state index contributed by atoms with van der Waals surface area (Å²) in [5, 5.41) is 0. The zero-order valence-electron chi connectivity index (χ0n) is 6.42. The molecule has 0 saturated carbocycles. The van der Waals surface area contributed by atoms with Gasteiger partial charge in [-0.05, 0) is 44.0 Å². The summed E-state index contributed by atoms with van der Waals surface area (Å²) in [7, 11) is 1.38. The molecule has 0 spiro atoms. The average Bonchev–Trinajstić information content (AvgIpc) is 2.11. The van der Waals surface area contributed by atoms with Gasteiger partial charge in [0.05, 0.1) is 0 Å². The molecule has 0 saturated heterocycles. The number of nitrogens with zero attached hydrogens (tertiary/aromatic N) is 1. The smallest absolute Gasteiger partial charge is 0.211 e. The first-order chi connectivity index (χ1) is 5.72. The molecule has 0 aromatic heterocycles. The van der Waals surface area contributed by atoms with Gasteiger partial charge in [-0.25, -0.2) is 9.79 Å². The fourth-order valence-corrected chi connectivity index (χ4v) is 1.01. The molecule has 4 heteroatoms. The Morgan fingerprint density at radius 2 is 1.58 bits per heavy atom. The van der Waals surface area contributed by atoms with Crippen molar-refractivity contribution in [2.75, 3.05) is 7.05 Å². The third kappa shape index (κ3) is 5.24. The van der Waals surface area contributed by atoms with Gasteiger partial charge in [0, 0.05) is 16.0 Å². The molecule has 0 unspecified atom stereocenters. The summed E-state index contributed by atoms with van der Waals surface area (Å²) >= 11 is 6.70. The Labute approximate surface area is 88.0 Å². The average molecular weight is 293 g/mol. The van der Waals surface area contributed by atoms with Gasteiger partial charge in [0.25, 0.3) is 0 Å². The highest BCUT2D eigenvalue weighted by Crippen LogP contribution is 2.20. The molecule has 1 aromatic carbocycles. The summed E-state index contributed by atoms with van der Waals surface area (Å²) in [6, 6.07) is 7.94. The van der Waals surface area contributed by atoms with Crippen LogP contribution in [0.5, 0.6) is 0 Å². The summed E-state index contributed by atoms with van der Waals surface area (Å²) in [5.41, 5.74) is 0. The number of isocyanates is 1. The monoisotopic (exact) mass is 291 g/mol. The van der Waals surface area contributed by atoms with Crippen LogP contribution in [0.1, 0.15) is 0 Å². The fourth-order valence-electron chi connectivity index (χ4n) is 0.439. The number of carbonyl (C=O) groups excluding carboxylic acids is 1. The van der Waals surface area contributed by atoms with Crippen molar-refractivity contribution in [3.05, 3.63) is 33.2 Å². The Balaban J connectivity index is 0.000000261. The molecule has 0 heterocycles. The highest BCUT2D eigenvalue weighted by Gasteiger charge is 1.88. The van der Waals surface area contributed by atoms with E-state index in [1.807, 2.05) is 24.3 Å². The van der Waals surface area contributed by atoms with E-state index in [1.54, 1.807) is 0 Å². The SMILES string of the molecule is Brc1ccccc1Br.CN=C=O. The molecular weight excluding hydrogens is 286 g/mol. The molecule has 0 aliphatic carbocycles. The van der Waals surface area contributed by atoms with Gasteiger partial charge in [0.2, 0.25) is 6.08 Å². The van der Waals surface area contributed by atoms with E-state index in [9.17, 15) is 0 Å². The maximum absolute atomic E-state index is 8.88. The molecule has 1 aromatic rings. The third-order valence-corrected chi connectivity index (χ3v) is 2.83. The number of halogens is 2. The van der Waals surface area contributed by atoms with Crippen LogP contribution < -0.4 is 0 Å². The van der Waals surface area contributed by atoms with Crippen LogP contribution in [0.2, 0.25) is 0 Å². The first-order valence-corrected chi connectivity index (χ1v) is 4.67. The predicted octanol–water partition coefficient (Wildman–Crippen LogP) is 3.16. The Morgan fingerprint density at radius 3 is 1.75 bits per heavy atom. The molecular formula is C8H7Br2NO. The number of hydrogen-bond acceptors (Lipinski definition) is 2. The lowest BCUT2D eigenvalue weighted by Crippen LogP contribution is -1.63. The zero-order chi connectivity index (χ0) is 9.40. The molecule has 64 valence electrons. The van der Waals surface area contributed by atoms with Crippen LogP contribution in [0.25, 0.3) is 0 Å². The molecule has 0 atom stereocenters. The van der Waals surface area contributed by atoms with Crippen LogP contribution >= 0.6 is 31.9 Å². The predicted molar refractivity (Wildman–Crippen MR) is 55.9 cm³/mol. The van der Waals surface area contributed by atoms with Crippen molar-refractivity contribution in [1.29, 1.82) is 0 Å². The van der Waals surface area contributed by atoms with Gasteiger partial charge in [-0.1, -0.05) is 12.1 Å². The van der Waals surface area contributed by atoms with Crippen LogP contribution in [0.15, 0.2) is 38.2 Å². The molecule has 2 nitrogen and oxygen atoms in total. The number of benzene rings is 1. The summed E-state index contributed by atoms with van der Waals surface area (Å²) < 4.78 is 2.19. The van der Waals surface area contributed by atoms with Crippen molar-refractivity contribution in [2.24, 2.45) is 4.99 Å². The van der Waals surface area contributed by atoms with E-state index < -0.39 is 0 Å². The van der Waals surface area contributed by atoms with Crippen LogP contribution in [0.3, 0.4) is 0 Å². The van der Waals surface area contributed by atoms with E-state index in [0.29, 0.717) is 0 Å². The van der Waals surface area contributed by atoms with E-state index in [1.165, 1.54) is 13.1 Å². The second kappa shape index (κ2) is 7.22. The highest BCUT2D eigenvalue weighted by molar-refractivity contribution is 9.13. The van der Waals surface area contributed by atoms with E-state index in [4.69, 9.17) is 4.79 Å². The summed E-state index contributed by atoms with van der Waals surface area (Å²) in [6.45, 7) is 0. The van der Waals surface area contributed by atoms with Crippen molar-refractivity contribution in [3.63, 3.8) is 0 Å². The van der Waals surface area contributed by atoms with Crippen molar-refractivity contribution >= 4 is 37.9 Å². The quantitative estimate of drug-likeness (QED) is 0.533. The Morgan fingerprint density at radius 1 is 1.25 bits per heavy atom. The number of rotatable bonds is 0. The van der Waals surface area contributed by atoms with Crippen LogP contribution in [0, 0.1) is 0 Å². The standard InChI is InChI=1S/C6H4Br2.C2H3NO/c7-5-3-1-2-4-6(5)8;1-3-2-4/h1-4H;1H3. The van der Waals surface area contributed by atoms with Gasteiger partial charge in [-0.3, -0.25) is 0 Å². The molecule has 0 radical (unpaired) electrons. The lowest BCUT2D eigenvalue weighted by Gasteiger charge is -1.89. The second-order valence-electron chi connectivity index (χ2n) is 1.73. The molecule has 1 rings (SSSR count). The first kappa shape index (κ1) is 11.6. The minimum absolute atomic E-state index is 1.10. The Kier molecular flexibility index (Phi) is 6.96. The lowest BCUT2D eigenvalue weighted by molar-refractivity contribution is 0.564. The minimum atomic E-state index is 1.10. The van der Waals surface area contributed by atoms with E-state index in [0.717, 1.165) is 8.95 Å². The van der Waals surface area contributed by atoms with E-state index in [-0.39, 0.29) is 0 Å². The van der Waals surface area contributed by atoms with Gasteiger partial charge >= 0.3 is 0 Å². The number of hydrogen-bond donors (Lipinski definition) is 0. The Hall–Kier alpha value is -0.440. The van der Waals surface area contributed by atoms with Crippen molar-refractivity contribution in [3.8, 4) is 0 Å². The second-order valence-corrected chi connectivity index (χ2v) is 3.44. The maximum Gasteiger partial charge on any atom is 0.234 e. The van der Waals surface area contributed by atoms with Gasteiger partial charge in [0.15, 0.2) is 0 Å². The van der Waals surface area contributed by atoms with E-state index in [2.05, 4.69) is 36.9 Å². The maximum atomic E-state index is 8.88. The van der Waals surface area contributed by atoms with Gasteiger partial charge in [-0.2, -0.15) is 0 Å². The van der Waals surface area contributed by atoms with Crippen LogP contribution in [0.4, 0.5) is 0 Å². The zero-order valence-corrected chi connectivity index (χ0v) is 9.59. The highest BCUT2D eigenvalue weighted by atomic mass is 79.9. The molecule has 0 amide bonds. The van der Waals surface area contributed by atoms with Crippen LogP contribution in [-0.2, 0) is 4.79 Å². The minimum Gasteiger partial charge on any atom is -0.211 e. The number of aliphatic imine (C=N–C) groups is 1. The summed E-state index contributed by atoms with van der Waals surface area (Å²) in [5.74, 6) is 0. The first-order valence-electron chi connectivity index (χ1n) is 3.08. The molecule has 0 aliphatic rings. The van der Waals surface area contributed by atoms with E-state index >= 15 is 0 Å². The summed E-state index contributed by atoms with van der Waals surface area (Å²) in [4.78, 5) is 11.8. The van der Waals surface area contributed by atoms with Gasteiger partial charge in [0.1, 0.15) is 0 Å². The topological polar surface area (TPSA) is 29.4 Å². The molecule has 0 N–H and O–H groups in total. The molecule has 0 fully saturated rings. The van der Waals surface area contributed by atoms with Crippen LogP contribution in [-0.4, -0.2) is 13.1 Å². The van der Waals surface area contributed by atoms with Crippen molar-refractivity contribution in [1.82, 2.24) is 0 Å². The summed E-state index contributed by atoms with van der Waals surface area (Å²) in [6.07, 6.45) is 1.31. The molecule has 0 aliphatic heterocycles. The molecule has 12 heavy (non-hydrogen) atoms. The Bertz CT molecular complexity index is 261. The fraction of sp³-hybridized carbons (Fsp3) is 0.125. The normalized spacial score (nSPS) is 7.58. The van der Waals surface area contributed by atoms with Crippen molar-refractivity contribution in [2.45, 2.75) is 0 Å². The van der Waals surface area contributed by atoms with Gasteiger partial charge < -0.3 is 0 Å². The van der Waals surface area contributed by atoms with Crippen molar-refractivity contribution < 1.29 is 4.79 Å². The molecule has 0 bridgehead atoms. The van der Waals surface area contributed by atoms with Gasteiger partial charge in [-0.15, -0.1) is 0 Å². The third-order valence-electron chi connectivity index (χ3n) is 0.916. The lowest BCUT2D eigenvalue weighted by atomic mass is 10.4.